The first-order valence-electron chi connectivity index (χ1n) is 9.15. The van der Waals surface area contributed by atoms with Gasteiger partial charge in [0.05, 0.1) is 11.6 Å². The third-order valence-corrected chi connectivity index (χ3v) is 5.09. The van der Waals surface area contributed by atoms with E-state index in [-0.39, 0.29) is 0 Å². The predicted octanol–water partition coefficient (Wildman–Crippen LogP) is 5.91. The van der Waals surface area contributed by atoms with Crippen LogP contribution >= 0.6 is 23.2 Å². The fourth-order valence-corrected chi connectivity index (χ4v) is 3.38. The number of rotatable bonds is 4. The number of carbonyl (C=O) groups is 1. The highest BCUT2D eigenvalue weighted by Gasteiger charge is 2.36. The Morgan fingerprint density at radius 2 is 2.07 bits per heavy atom. The van der Waals surface area contributed by atoms with Gasteiger partial charge in [-0.15, -0.1) is 0 Å². The Kier molecular flexibility index (Phi) is 6.74. The number of halogens is 5. The summed E-state index contributed by atoms with van der Waals surface area (Å²) in [6, 6.07) is 6.41. The Bertz CT molecular complexity index is 1050. The van der Waals surface area contributed by atoms with E-state index in [0.29, 0.717) is 22.1 Å². The number of nitrogens with zero attached hydrogens (tertiary/aromatic N) is 1. The van der Waals surface area contributed by atoms with Crippen LogP contribution in [-0.4, -0.2) is 16.9 Å². The molecular formula is C22H17Cl2F3N2O. The molecule has 30 heavy (non-hydrogen) atoms. The highest BCUT2D eigenvalue weighted by molar-refractivity contribution is 6.34. The summed E-state index contributed by atoms with van der Waals surface area (Å²) in [5, 5.41) is 2.88. The zero-order valence-corrected chi connectivity index (χ0v) is 17.4. The van der Waals surface area contributed by atoms with Gasteiger partial charge in [-0.3, -0.25) is 9.78 Å². The van der Waals surface area contributed by atoms with E-state index < -0.39 is 29.4 Å². The van der Waals surface area contributed by atoms with Crippen LogP contribution in [0.3, 0.4) is 0 Å². The van der Waals surface area contributed by atoms with Gasteiger partial charge in [0.15, 0.2) is 0 Å². The Labute approximate surface area is 182 Å². The van der Waals surface area contributed by atoms with Gasteiger partial charge < -0.3 is 5.32 Å². The SMILES string of the molecule is CC(NC(=O)c1ncccc1C(F)(F)F)/C(=C\Cl)c1ccc(C#CC2CC2)cc1Cl. The molecule has 1 heterocycles. The van der Waals surface area contributed by atoms with Crippen molar-refractivity contribution in [3.8, 4) is 11.8 Å². The molecule has 3 rings (SSSR count). The maximum atomic E-state index is 13.2. The maximum absolute atomic E-state index is 13.2. The highest BCUT2D eigenvalue weighted by Crippen LogP contribution is 2.32. The monoisotopic (exact) mass is 452 g/mol. The lowest BCUT2D eigenvalue weighted by Gasteiger charge is -2.19. The van der Waals surface area contributed by atoms with Crippen molar-refractivity contribution in [3.05, 3.63) is 69.5 Å². The molecular weight excluding hydrogens is 436 g/mol. The molecule has 1 aromatic heterocycles. The first kappa shape index (κ1) is 22.2. The van der Waals surface area contributed by atoms with E-state index in [1.165, 1.54) is 5.54 Å². The smallest absolute Gasteiger partial charge is 0.344 e. The van der Waals surface area contributed by atoms with Crippen LogP contribution in [0, 0.1) is 17.8 Å². The molecule has 1 N–H and O–H groups in total. The number of carbonyl (C=O) groups excluding carboxylic acids is 1. The van der Waals surface area contributed by atoms with Gasteiger partial charge in [-0.1, -0.05) is 41.1 Å². The molecule has 0 radical (unpaired) electrons. The van der Waals surface area contributed by atoms with Crippen LogP contribution in [0.4, 0.5) is 13.2 Å². The van der Waals surface area contributed by atoms with E-state index in [4.69, 9.17) is 23.2 Å². The third-order valence-electron chi connectivity index (χ3n) is 4.54. The van der Waals surface area contributed by atoms with E-state index in [9.17, 15) is 18.0 Å². The second-order valence-electron chi connectivity index (χ2n) is 6.90. The average molecular weight is 453 g/mol. The zero-order valence-electron chi connectivity index (χ0n) is 15.9. The van der Waals surface area contributed by atoms with Crippen molar-refractivity contribution < 1.29 is 18.0 Å². The lowest BCUT2D eigenvalue weighted by Crippen LogP contribution is -2.35. The molecule has 1 aliphatic carbocycles. The minimum Gasteiger partial charge on any atom is -0.344 e. The number of pyridine rings is 1. The summed E-state index contributed by atoms with van der Waals surface area (Å²) in [5.74, 6) is 5.69. The molecule has 1 amide bonds. The van der Waals surface area contributed by atoms with Crippen molar-refractivity contribution in [2.24, 2.45) is 5.92 Å². The fraction of sp³-hybridized carbons (Fsp3) is 0.273. The Balaban J connectivity index is 1.80. The Hall–Kier alpha value is -2.49. The topological polar surface area (TPSA) is 42.0 Å². The van der Waals surface area contributed by atoms with Gasteiger partial charge in [-0.2, -0.15) is 13.2 Å². The molecule has 0 spiro atoms. The van der Waals surface area contributed by atoms with Crippen LogP contribution in [0.2, 0.25) is 5.02 Å². The molecule has 1 atom stereocenters. The Morgan fingerprint density at radius 1 is 1.33 bits per heavy atom. The van der Waals surface area contributed by atoms with Crippen molar-refractivity contribution in [3.63, 3.8) is 0 Å². The largest absolute Gasteiger partial charge is 0.418 e. The van der Waals surface area contributed by atoms with Gasteiger partial charge in [0.25, 0.3) is 5.91 Å². The van der Waals surface area contributed by atoms with Crippen molar-refractivity contribution in [1.82, 2.24) is 10.3 Å². The van der Waals surface area contributed by atoms with Gasteiger partial charge in [0, 0.05) is 28.2 Å². The number of hydrogen-bond acceptors (Lipinski definition) is 2. The number of amides is 1. The molecule has 1 saturated carbocycles. The summed E-state index contributed by atoms with van der Waals surface area (Å²) in [5.41, 5.74) is 1.18. The van der Waals surface area contributed by atoms with Crippen LogP contribution in [0.1, 0.15) is 46.9 Å². The normalized spacial score (nSPS) is 15.2. The van der Waals surface area contributed by atoms with Gasteiger partial charge in [0.1, 0.15) is 5.69 Å². The van der Waals surface area contributed by atoms with Crippen LogP contribution in [0.5, 0.6) is 0 Å². The minimum absolute atomic E-state index is 0.374. The van der Waals surface area contributed by atoms with Crippen molar-refractivity contribution in [2.45, 2.75) is 32.0 Å². The van der Waals surface area contributed by atoms with E-state index >= 15 is 0 Å². The molecule has 8 heteroatoms. The van der Waals surface area contributed by atoms with Gasteiger partial charge in [-0.05, 0) is 55.2 Å². The van der Waals surface area contributed by atoms with Crippen LogP contribution in [-0.2, 0) is 6.18 Å². The zero-order chi connectivity index (χ0) is 21.9. The van der Waals surface area contributed by atoms with Gasteiger partial charge in [0.2, 0.25) is 0 Å². The van der Waals surface area contributed by atoms with E-state index in [1.54, 1.807) is 25.1 Å². The fourth-order valence-electron chi connectivity index (χ4n) is 2.78. The van der Waals surface area contributed by atoms with Crippen LogP contribution in [0.15, 0.2) is 42.1 Å². The molecule has 2 aromatic rings. The molecule has 3 nitrogen and oxygen atoms in total. The summed E-state index contributed by atoms with van der Waals surface area (Å²) in [6.07, 6.45) is -1.34. The summed E-state index contributed by atoms with van der Waals surface area (Å²) in [6.45, 7) is 1.60. The maximum Gasteiger partial charge on any atom is 0.418 e. The summed E-state index contributed by atoms with van der Waals surface area (Å²) in [7, 11) is 0. The predicted molar refractivity (Wildman–Crippen MR) is 111 cm³/mol. The van der Waals surface area contributed by atoms with E-state index in [2.05, 4.69) is 22.1 Å². The summed E-state index contributed by atoms with van der Waals surface area (Å²) in [4.78, 5) is 16.1. The van der Waals surface area contributed by atoms with Gasteiger partial charge in [-0.25, -0.2) is 0 Å². The molecule has 0 saturated heterocycles. The first-order valence-corrected chi connectivity index (χ1v) is 9.97. The van der Waals surface area contributed by atoms with Gasteiger partial charge >= 0.3 is 6.18 Å². The molecule has 1 aromatic carbocycles. The number of nitrogens with one attached hydrogen (secondary N) is 1. The Morgan fingerprint density at radius 3 is 2.67 bits per heavy atom. The second kappa shape index (κ2) is 9.11. The number of aromatic nitrogens is 1. The van der Waals surface area contributed by atoms with E-state index in [1.807, 2.05) is 0 Å². The van der Waals surface area contributed by atoms with E-state index in [0.717, 1.165) is 36.7 Å². The molecule has 1 fully saturated rings. The molecule has 0 aliphatic heterocycles. The summed E-state index contributed by atoms with van der Waals surface area (Å²) >= 11 is 12.3. The first-order chi connectivity index (χ1) is 14.2. The van der Waals surface area contributed by atoms with Crippen molar-refractivity contribution in [2.75, 3.05) is 0 Å². The lowest BCUT2D eigenvalue weighted by atomic mass is 9.99. The average Bonchev–Trinajstić information content (AvgIpc) is 3.52. The van der Waals surface area contributed by atoms with Crippen LogP contribution in [0.25, 0.3) is 5.57 Å². The van der Waals surface area contributed by atoms with Crippen molar-refractivity contribution >= 4 is 34.7 Å². The second-order valence-corrected chi connectivity index (χ2v) is 7.52. The number of alkyl halides is 3. The molecule has 1 unspecified atom stereocenters. The third kappa shape index (κ3) is 5.35. The molecule has 156 valence electrons. The number of benzene rings is 1. The summed E-state index contributed by atoms with van der Waals surface area (Å²) < 4.78 is 39.5. The van der Waals surface area contributed by atoms with Crippen molar-refractivity contribution in [1.29, 1.82) is 0 Å². The minimum atomic E-state index is -4.70. The highest BCUT2D eigenvalue weighted by atomic mass is 35.5. The molecule has 1 aliphatic rings. The standard InChI is InChI=1S/C22H17Cl2F3N2O/c1-13(29-21(30)20-18(22(25,26)27)3-2-10-28-20)17(12-23)16-9-8-15(11-19(16)24)7-6-14-4-5-14/h2-3,8-14H,4-5H2,1H3,(H,29,30)/b17-12+. The van der Waals surface area contributed by atoms with Crippen LogP contribution < -0.4 is 5.32 Å². The quantitative estimate of drug-likeness (QED) is 0.585. The molecule has 0 bridgehead atoms. The lowest BCUT2D eigenvalue weighted by molar-refractivity contribution is -0.138. The number of hydrogen-bond donors (Lipinski definition) is 1.